The second-order valence-electron chi connectivity index (χ2n) is 24.0. The molecule has 13 nitrogen and oxygen atoms in total. The molecule has 2 N–H and O–H groups in total. The number of benzene rings is 5. The molecule has 17 heteroatoms. The molecule has 4 aliphatic rings. The lowest BCUT2D eigenvalue weighted by molar-refractivity contribution is 0.0720. The van der Waals surface area contributed by atoms with Gasteiger partial charge in [-0.25, -0.2) is 9.78 Å². The molecular formula is C64H77Cl3N9O4P. The molecule has 6 aromatic rings. The first kappa shape index (κ1) is 58.5. The number of carbonyl (C=O) groups is 1. The minimum absolute atomic E-state index is 0.0833. The van der Waals surface area contributed by atoms with Crippen molar-refractivity contribution in [1.82, 2.24) is 29.6 Å². The summed E-state index contributed by atoms with van der Waals surface area (Å²) in [5, 5.41) is 8.99. The lowest BCUT2D eigenvalue weighted by Gasteiger charge is -2.48. The van der Waals surface area contributed by atoms with Crippen LogP contribution in [-0.4, -0.2) is 120 Å². The van der Waals surface area contributed by atoms with Crippen LogP contribution in [0.1, 0.15) is 113 Å². The summed E-state index contributed by atoms with van der Waals surface area (Å²) in [5.41, 5.74) is 5.64. The van der Waals surface area contributed by atoms with E-state index < -0.39 is 18.2 Å². The van der Waals surface area contributed by atoms with Gasteiger partial charge in [0.1, 0.15) is 40.6 Å². The number of hydrogen-bond donors (Lipinski definition) is 2. The molecule has 0 spiro atoms. The van der Waals surface area contributed by atoms with Gasteiger partial charge in [-0.3, -0.25) is 14.8 Å². The lowest BCUT2D eigenvalue weighted by Crippen LogP contribution is -2.61. The number of aliphatic imine (C=N–C) groups is 1. The SMILES string of the molecule is CCOc1cc(C(C)(C)C)ccc1C1=N[C@@](C)(c2ccc(Cl)cc2)[C@@](C)(c2ccc(Cl)cc2)N1C(=O)N1CCN(C2CCC(N3CCC(c4cc(OC)c(Nc5ncc(Cl)c(Nc6ccccc6P(C)(C)=O)n5)cc4C)CC3)C2)CC1. The van der Waals surface area contributed by atoms with Crippen LogP contribution in [0.2, 0.25) is 15.1 Å². The number of rotatable bonds is 14. The first-order valence-corrected chi connectivity index (χ1v) is 32.2. The largest absolute Gasteiger partial charge is 0.495 e. The average molecular weight is 1170 g/mol. The number of halogens is 3. The Balaban J connectivity index is 0.810. The van der Waals surface area contributed by atoms with Gasteiger partial charge in [0.15, 0.2) is 5.82 Å². The number of aromatic nitrogens is 2. The van der Waals surface area contributed by atoms with E-state index >= 15 is 4.79 Å². The van der Waals surface area contributed by atoms with Gasteiger partial charge in [-0.2, -0.15) is 4.98 Å². The maximum atomic E-state index is 15.8. The van der Waals surface area contributed by atoms with Crippen LogP contribution < -0.4 is 25.4 Å². The van der Waals surface area contributed by atoms with Crippen molar-refractivity contribution >= 4 is 82.3 Å². The van der Waals surface area contributed by atoms with Gasteiger partial charge >= 0.3 is 6.03 Å². The van der Waals surface area contributed by atoms with Gasteiger partial charge in [0, 0.05) is 53.6 Å². The van der Waals surface area contributed by atoms with E-state index in [9.17, 15) is 4.57 Å². The van der Waals surface area contributed by atoms with Gasteiger partial charge in [-0.1, -0.05) is 98.0 Å². The number of para-hydroxylation sites is 1. The second-order valence-corrected chi connectivity index (χ2v) is 28.4. The Labute approximate surface area is 494 Å². The number of ether oxygens (including phenoxy) is 2. The van der Waals surface area contributed by atoms with Crippen molar-refractivity contribution in [3.63, 3.8) is 0 Å². The van der Waals surface area contributed by atoms with Crippen molar-refractivity contribution in [2.24, 2.45) is 4.99 Å². The highest BCUT2D eigenvalue weighted by Gasteiger charge is 2.60. The monoisotopic (exact) mass is 1170 g/mol. The minimum Gasteiger partial charge on any atom is -0.495 e. The number of amides is 2. The fourth-order valence-corrected chi connectivity index (χ4v) is 14.4. The van der Waals surface area contributed by atoms with Crippen LogP contribution in [0, 0.1) is 6.92 Å². The Morgan fingerprint density at radius 2 is 1.40 bits per heavy atom. The number of urea groups is 1. The van der Waals surface area contributed by atoms with E-state index in [1.54, 1.807) is 26.6 Å². The summed E-state index contributed by atoms with van der Waals surface area (Å²) in [5.74, 6) is 3.17. The number of anilines is 4. The van der Waals surface area contributed by atoms with E-state index in [0.717, 1.165) is 90.9 Å². The second kappa shape index (κ2) is 23.5. The van der Waals surface area contributed by atoms with Crippen molar-refractivity contribution in [3.8, 4) is 11.5 Å². The Morgan fingerprint density at radius 1 is 0.765 bits per heavy atom. The molecule has 4 atom stereocenters. The van der Waals surface area contributed by atoms with Crippen LogP contribution in [0.25, 0.3) is 0 Å². The van der Waals surface area contributed by atoms with E-state index in [0.29, 0.717) is 81.8 Å². The number of nitrogens with one attached hydrogen (secondary N) is 2. The molecule has 1 saturated carbocycles. The lowest BCUT2D eigenvalue weighted by atomic mass is 9.71. The molecule has 0 radical (unpaired) electrons. The number of hydrogen-bond acceptors (Lipinski definition) is 11. The van der Waals surface area contributed by atoms with Gasteiger partial charge in [0.2, 0.25) is 5.95 Å². The van der Waals surface area contributed by atoms with Crippen molar-refractivity contribution in [3.05, 3.63) is 158 Å². The molecule has 2 saturated heterocycles. The van der Waals surface area contributed by atoms with Gasteiger partial charge in [-0.05, 0) is 186 Å². The smallest absolute Gasteiger partial charge is 0.326 e. The summed E-state index contributed by atoms with van der Waals surface area (Å²) in [6.07, 6.45) is 7.14. The molecule has 4 heterocycles. The van der Waals surface area contributed by atoms with Gasteiger partial charge in [0.05, 0.1) is 36.9 Å². The van der Waals surface area contributed by atoms with Crippen LogP contribution in [-0.2, 0) is 21.1 Å². The van der Waals surface area contributed by atoms with Crippen molar-refractivity contribution in [1.29, 1.82) is 0 Å². The molecule has 2 amide bonds. The number of aryl methyl sites for hydroxylation is 1. The predicted octanol–water partition coefficient (Wildman–Crippen LogP) is 14.6. The van der Waals surface area contributed by atoms with Crippen LogP contribution >= 0.6 is 41.9 Å². The molecule has 428 valence electrons. The Morgan fingerprint density at radius 3 is 2.01 bits per heavy atom. The number of likely N-dealkylation sites (tertiary alicyclic amines) is 1. The number of amidine groups is 1. The number of carbonyl (C=O) groups excluding carboxylic acids is 1. The summed E-state index contributed by atoms with van der Waals surface area (Å²) in [6.45, 7) is 23.9. The maximum Gasteiger partial charge on any atom is 0.326 e. The standard InChI is InChI=1S/C64H77Cl3N9O4P/c1-11-80-55-37-45(62(3,4)5)20-27-50(55)59-72-63(6,43-16-21-46(65)22-17-43)64(7,44-18-23-47(66)24-19-44)76(59)61(77)75-34-32-74(33-35-75)49-26-25-48(38-49)73-30-28-42(29-31-73)51-39-56(79-8)54(36-41(51)2)70-60-68-40-52(67)58(71-60)69-53-14-12-13-15-57(53)81(9,10)78/h12-24,27,36-37,39-40,42,48-49H,11,25-26,28-35,38H2,1-10H3,(H2,68,69,70,71)/t48?,49?,63-,64+/m0/s1. The fraction of sp³-hybridized carbons (Fsp3) is 0.438. The highest BCUT2D eigenvalue weighted by molar-refractivity contribution is 7.70. The zero-order valence-corrected chi connectivity index (χ0v) is 51.6. The van der Waals surface area contributed by atoms with Crippen LogP contribution in [0.3, 0.4) is 0 Å². The van der Waals surface area contributed by atoms with Gasteiger partial charge in [0.25, 0.3) is 0 Å². The number of piperidine rings is 1. The Kier molecular flexibility index (Phi) is 17.0. The first-order chi connectivity index (χ1) is 38.6. The number of methoxy groups -OCH3 is 1. The van der Waals surface area contributed by atoms with E-state index in [-0.39, 0.29) is 11.4 Å². The average Bonchev–Trinajstić information content (AvgIpc) is 3.75. The molecule has 81 heavy (non-hydrogen) atoms. The summed E-state index contributed by atoms with van der Waals surface area (Å²) in [4.78, 5) is 40.0. The third-order valence-corrected chi connectivity index (χ3v) is 19.9. The summed E-state index contributed by atoms with van der Waals surface area (Å²) in [7, 11) is -0.879. The quantitative estimate of drug-likeness (QED) is 0.102. The third-order valence-electron chi connectivity index (χ3n) is 17.6. The highest BCUT2D eigenvalue weighted by Crippen LogP contribution is 2.54. The summed E-state index contributed by atoms with van der Waals surface area (Å²) < 4.78 is 25.5. The minimum atomic E-state index is -2.57. The van der Waals surface area contributed by atoms with Crippen molar-refractivity contribution < 1.29 is 18.8 Å². The Bertz CT molecular complexity index is 3350. The molecule has 2 unspecified atom stereocenters. The first-order valence-electron chi connectivity index (χ1n) is 28.5. The molecule has 3 fully saturated rings. The maximum absolute atomic E-state index is 15.8. The summed E-state index contributed by atoms with van der Waals surface area (Å²) >= 11 is 19.7. The van der Waals surface area contributed by atoms with E-state index in [1.807, 2.05) is 89.5 Å². The fourth-order valence-electron chi connectivity index (χ4n) is 12.8. The van der Waals surface area contributed by atoms with Crippen molar-refractivity contribution in [2.75, 3.05) is 76.9 Å². The number of piperazine rings is 1. The van der Waals surface area contributed by atoms with E-state index in [4.69, 9.17) is 54.3 Å². The third kappa shape index (κ3) is 11.8. The molecule has 10 rings (SSSR count). The topological polar surface area (TPSA) is 128 Å². The molecule has 5 aromatic carbocycles. The van der Waals surface area contributed by atoms with Crippen LogP contribution in [0.4, 0.5) is 27.9 Å². The van der Waals surface area contributed by atoms with Crippen LogP contribution in [0.5, 0.6) is 11.5 Å². The molecule has 0 bridgehead atoms. The zero-order chi connectivity index (χ0) is 57.6. The number of nitrogens with zero attached hydrogens (tertiary/aromatic N) is 7. The molecule has 3 aliphatic heterocycles. The Hall–Kier alpha value is -5.66. The van der Waals surface area contributed by atoms with Crippen molar-refractivity contribution in [2.45, 2.75) is 115 Å². The summed E-state index contributed by atoms with van der Waals surface area (Å²) in [6, 6.07) is 34.8. The molecular weight excluding hydrogens is 1100 g/mol. The van der Waals surface area contributed by atoms with Crippen LogP contribution in [0.15, 0.2) is 114 Å². The van der Waals surface area contributed by atoms with E-state index in [1.165, 1.54) is 17.5 Å². The zero-order valence-electron chi connectivity index (χ0n) is 48.5. The molecule has 1 aliphatic carbocycles. The van der Waals surface area contributed by atoms with E-state index in [2.05, 4.69) is 97.3 Å². The highest BCUT2D eigenvalue weighted by atomic mass is 35.5. The predicted molar refractivity (Wildman–Crippen MR) is 333 cm³/mol. The normalized spacial score (nSPS) is 22.2. The van der Waals surface area contributed by atoms with Gasteiger partial charge < -0.3 is 34.5 Å². The van der Waals surface area contributed by atoms with Gasteiger partial charge in [-0.15, -0.1) is 0 Å². The molecule has 1 aromatic heterocycles.